The summed E-state index contributed by atoms with van der Waals surface area (Å²) in [5.41, 5.74) is 2.17. The third kappa shape index (κ3) is 3.67. The fourth-order valence-corrected chi connectivity index (χ4v) is 1.78. The van der Waals surface area contributed by atoms with Gasteiger partial charge in [-0.3, -0.25) is 4.79 Å². The van der Waals surface area contributed by atoms with E-state index in [4.69, 9.17) is 0 Å². The lowest BCUT2D eigenvalue weighted by molar-refractivity contribution is 0.0952. The molecule has 0 aliphatic rings. The minimum absolute atomic E-state index is 0.111. The Bertz CT molecular complexity index is 373. The molecule has 2 heteroatoms. The second kappa shape index (κ2) is 5.46. The Morgan fingerprint density at radius 3 is 2.18 bits per heavy atom. The lowest BCUT2D eigenvalue weighted by Crippen LogP contribution is -2.33. The molecule has 0 saturated carbocycles. The predicted octanol–water partition coefficient (Wildman–Crippen LogP) is 3.16. The highest BCUT2D eigenvalue weighted by Crippen LogP contribution is 2.22. The quantitative estimate of drug-likeness (QED) is 0.809. The maximum absolute atomic E-state index is 12.0. The van der Waals surface area contributed by atoms with Gasteiger partial charge in [0, 0.05) is 5.56 Å². The molecule has 2 nitrogen and oxygen atoms in total. The molecular formula is C15H23NO. The average molecular weight is 233 g/mol. The number of Topliss-reactive ketones (excluding diaryl/α,β-unsaturated/α-hetero) is 1. The summed E-state index contributed by atoms with van der Waals surface area (Å²) in [4.78, 5) is 12.0. The second-order valence-corrected chi connectivity index (χ2v) is 5.47. The van der Waals surface area contributed by atoms with E-state index in [1.165, 1.54) is 5.56 Å². The van der Waals surface area contributed by atoms with Crippen LogP contribution in [0.4, 0.5) is 0 Å². The summed E-state index contributed by atoms with van der Waals surface area (Å²) in [7, 11) is 0. The Morgan fingerprint density at radius 2 is 1.76 bits per heavy atom. The molecule has 1 unspecified atom stereocenters. The number of ketones is 1. The number of rotatable bonds is 4. The summed E-state index contributed by atoms with van der Waals surface area (Å²) < 4.78 is 0. The summed E-state index contributed by atoms with van der Waals surface area (Å²) >= 11 is 0. The maximum Gasteiger partial charge on any atom is 0.179 e. The van der Waals surface area contributed by atoms with Gasteiger partial charge in [0.05, 0.1) is 6.04 Å². The molecule has 0 heterocycles. The number of hydrogen-bond donors (Lipinski definition) is 1. The summed E-state index contributed by atoms with van der Waals surface area (Å²) in [5, 5.41) is 3.14. The average Bonchev–Trinajstić information content (AvgIpc) is 2.27. The highest BCUT2D eigenvalue weighted by atomic mass is 16.1. The van der Waals surface area contributed by atoms with Crippen LogP contribution in [0.15, 0.2) is 24.3 Å². The van der Waals surface area contributed by atoms with Crippen molar-refractivity contribution in [3.8, 4) is 0 Å². The van der Waals surface area contributed by atoms with Crippen LogP contribution in [-0.2, 0) is 5.41 Å². The highest BCUT2D eigenvalue weighted by Gasteiger charge is 2.16. The van der Waals surface area contributed by atoms with Gasteiger partial charge in [-0.15, -0.1) is 0 Å². The van der Waals surface area contributed by atoms with E-state index in [9.17, 15) is 4.79 Å². The van der Waals surface area contributed by atoms with E-state index in [2.05, 4.69) is 26.1 Å². The van der Waals surface area contributed by atoms with Crippen molar-refractivity contribution in [2.75, 3.05) is 6.54 Å². The molecule has 0 aliphatic carbocycles. The number of carbonyl (C=O) groups excluding carboxylic acids is 1. The van der Waals surface area contributed by atoms with E-state index in [1.807, 2.05) is 38.1 Å². The Hall–Kier alpha value is -1.15. The molecule has 1 atom stereocenters. The second-order valence-electron chi connectivity index (χ2n) is 5.47. The SMILES string of the molecule is CCNC(C)C(=O)c1ccc(C(C)(C)C)cc1. The molecule has 1 aromatic rings. The Kier molecular flexibility index (Phi) is 4.47. The fraction of sp³-hybridized carbons (Fsp3) is 0.533. The topological polar surface area (TPSA) is 29.1 Å². The van der Waals surface area contributed by atoms with Gasteiger partial charge in [-0.1, -0.05) is 52.0 Å². The predicted molar refractivity (Wildman–Crippen MR) is 72.6 cm³/mol. The molecule has 1 rings (SSSR count). The minimum atomic E-state index is -0.111. The summed E-state index contributed by atoms with van der Waals surface area (Å²) in [5.74, 6) is 0.160. The smallest absolute Gasteiger partial charge is 0.179 e. The van der Waals surface area contributed by atoms with Crippen molar-refractivity contribution in [2.24, 2.45) is 0 Å². The Morgan fingerprint density at radius 1 is 1.24 bits per heavy atom. The lowest BCUT2D eigenvalue weighted by atomic mass is 9.86. The molecular weight excluding hydrogens is 210 g/mol. The van der Waals surface area contributed by atoms with Crippen LogP contribution in [0, 0.1) is 0 Å². The van der Waals surface area contributed by atoms with Gasteiger partial charge in [0.25, 0.3) is 0 Å². The summed E-state index contributed by atoms with van der Waals surface area (Å²) in [6, 6.07) is 7.84. The summed E-state index contributed by atoms with van der Waals surface area (Å²) in [6.45, 7) is 11.2. The van der Waals surface area contributed by atoms with Gasteiger partial charge in [0.1, 0.15) is 0 Å². The monoisotopic (exact) mass is 233 g/mol. The summed E-state index contributed by atoms with van der Waals surface area (Å²) in [6.07, 6.45) is 0. The largest absolute Gasteiger partial charge is 0.308 e. The molecule has 0 spiro atoms. The van der Waals surface area contributed by atoms with Gasteiger partial charge < -0.3 is 5.32 Å². The van der Waals surface area contributed by atoms with Crippen LogP contribution in [-0.4, -0.2) is 18.4 Å². The first-order valence-corrected chi connectivity index (χ1v) is 6.24. The molecule has 1 N–H and O–H groups in total. The number of hydrogen-bond acceptors (Lipinski definition) is 2. The van der Waals surface area contributed by atoms with Gasteiger partial charge >= 0.3 is 0 Å². The standard InChI is InChI=1S/C15H23NO/c1-6-16-11(2)14(17)12-7-9-13(10-8-12)15(3,4)5/h7-11,16H,6H2,1-5H3. The lowest BCUT2D eigenvalue weighted by Gasteiger charge is -2.19. The zero-order valence-corrected chi connectivity index (χ0v) is 11.5. The van der Waals surface area contributed by atoms with Crippen LogP contribution in [0.3, 0.4) is 0 Å². The first-order chi connectivity index (χ1) is 7.86. The molecule has 0 aromatic heterocycles. The first-order valence-electron chi connectivity index (χ1n) is 6.24. The van der Waals surface area contributed by atoms with Gasteiger partial charge in [0.2, 0.25) is 0 Å². The van der Waals surface area contributed by atoms with E-state index >= 15 is 0 Å². The van der Waals surface area contributed by atoms with E-state index in [0.29, 0.717) is 0 Å². The Balaban J connectivity index is 2.84. The van der Waals surface area contributed by atoms with E-state index < -0.39 is 0 Å². The Labute approximate surface area is 104 Å². The number of benzene rings is 1. The van der Waals surface area contributed by atoms with Crippen molar-refractivity contribution >= 4 is 5.78 Å². The molecule has 17 heavy (non-hydrogen) atoms. The molecule has 0 bridgehead atoms. The van der Waals surface area contributed by atoms with Crippen molar-refractivity contribution in [3.05, 3.63) is 35.4 Å². The maximum atomic E-state index is 12.0. The van der Waals surface area contributed by atoms with Crippen LogP contribution >= 0.6 is 0 Å². The van der Waals surface area contributed by atoms with Crippen molar-refractivity contribution in [1.82, 2.24) is 5.32 Å². The zero-order valence-electron chi connectivity index (χ0n) is 11.5. The van der Waals surface area contributed by atoms with E-state index in [0.717, 1.165) is 12.1 Å². The van der Waals surface area contributed by atoms with Gasteiger partial charge in [0.15, 0.2) is 5.78 Å². The normalized spacial score (nSPS) is 13.5. The molecule has 1 aromatic carbocycles. The van der Waals surface area contributed by atoms with Crippen molar-refractivity contribution in [1.29, 1.82) is 0 Å². The van der Waals surface area contributed by atoms with Crippen molar-refractivity contribution < 1.29 is 4.79 Å². The van der Waals surface area contributed by atoms with Crippen LogP contribution in [0.1, 0.15) is 50.5 Å². The van der Waals surface area contributed by atoms with Gasteiger partial charge in [-0.25, -0.2) is 0 Å². The zero-order chi connectivity index (χ0) is 13.1. The third-order valence-electron chi connectivity index (χ3n) is 2.94. The molecule has 0 radical (unpaired) electrons. The van der Waals surface area contributed by atoms with E-state index in [1.54, 1.807) is 0 Å². The molecule has 0 fully saturated rings. The van der Waals surface area contributed by atoms with E-state index in [-0.39, 0.29) is 17.2 Å². The molecule has 0 amide bonds. The highest BCUT2D eigenvalue weighted by molar-refractivity contribution is 5.99. The number of likely N-dealkylation sites (N-methyl/N-ethyl adjacent to an activating group) is 1. The van der Waals surface area contributed by atoms with Gasteiger partial charge in [-0.05, 0) is 24.4 Å². The number of nitrogens with one attached hydrogen (secondary N) is 1. The van der Waals surface area contributed by atoms with Crippen LogP contribution in [0.2, 0.25) is 0 Å². The van der Waals surface area contributed by atoms with Crippen LogP contribution < -0.4 is 5.32 Å². The minimum Gasteiger partial charge on any atom is -0.308 e. The van der Waals surface area contributed by atoms with Crippen LogP contribution in [0.25, 0.3) is 0 Å². The molecule has 0 aliphatic heterocycles. The van der Waals surface area contributed by atoms with Crippen LogP contribution in [0.5, 0.6) is 0 Å². The molecule has 94 valence electrons. The van der Waals surface area contributed by atoms with Gasteiger partial charge in [-0.2, -0.15) is 0 Å². The third-order valence-corrected chi connectivity index (χ3v) is 2.94. The first kappa shape index (κ1) is 13.9. The fourth-order valence-electron chi connectivity index (χ4n) is 1.78. The molecule has 0 saturated heterocycles. The number of carbonyl (C=O) groups is 1. The van der Waals surface area contributed by atoms with Crippen molar-refractivity contribution in [3.63, 3.8) is 0 Å². The van der Waals surface area contributed by atoms with Crippen molar-refractivity contribution in [2.45, 2.75) is 46.1 Å².